The first kappa shape index (κ1) is 17.0. The maximum Gasteiger partial charge on any atom is 0.227 e. The van der Waals surface area contributed by atoms with Gasteiger partial charge in [-0.3, -0.25) is 14.7 Å². The third-order valence-corrected chi connectivity index (χ3v) is 6.54. The van der Waals surface area contributed by atoms with Crippen molar-refractivity contribution in [2.75, 3.05) is 39.4 Å². The van der Waals surface area contributed by atoms with Crippen molar-refractivity contribution in [2.45, 2.75) is 44.6 Å². The van der Waals surface area contributed by atoms with Gasteiger partial charge in [-0.2, -0.15) is 0 Å². The summed E-state index contributed by atoms with van der Waals surface area (Å²) in [4.78, 5) is 21.3. The fourth-order valence-corrected chi connectivity index (χ4v) is 4.69. The maximum absolute atomic E-state index is 12.5. The molecule has 136 valence electrons. The summed E-state index contributed by atoms with van der Waals surface area (Å²) in [5, 5.41) is 0. The van der Waals surface area contributed by atoms with Crippen molar-refractivity contribution in [1.82, 2.24) is 14.8 Å². The van der Waals surface area contributed by atoms with Crippen molar-refractivity contribution in [3.8, 4) is 0 Å². The Morgan fingerprint density at radius 3 is 2.60 bits per heavy atom. The van der Waals surface area contributed by atoms with Crippen molar-refractivity contribution in [1.29, 1.82) is 0 Å². The monoisotopic (exact) mass is 343 g/mol. The molecule has 0 radical (unpaired) electrons. The van der Waals surface area contributed by atoms with Gasteiger partial charge in [-0.15, -0.1) is 0 Å². The zero-order valence-electron chi connectivity index (χ0n) is 15.0. The van der Waals surface area contributed by atoms with Gasteiger partial charge in [0.15, 0.2) is 0 Å². The highest BCUT2D eigenvalue weighted by Crippen LogP contribution is 2.42. The summed E-state index contributed by atoms with van der Waals surface area (Å²) in [7, 11) is 0. The van der Waals surface area contributed by atoms with Crippen LogP contribution in [-0.2, 0) is 16.0 Å². The van der Waals surface area contributed by atoms with Gasteiger partial charge >= 0.3 is 0 Å². The number of rotatable bonds is 3. The van der Waals surface area contributed by atoms with Crippen LogP contribution in [0.5, 0.6) is 0 Å². The molecule has 5 nitrogen and oxygen atoms in total. The minimum atomic E-state index is 0.253. The molecule has 5 heteroatoms. The Bertz CT molecular complexity index is 568. The summed E-state index contributed by atoms with van der Waals surface area (Å²) in [6.07, 6.45) is 10.1. The maximum atomic E-state index is 12.5. The van der Waals surface area contributed by atoms with E-state index in [9.17, 15) is 4.79 Å². The van der Waals surface area contributed by atoms with E-state index in [-0.39, 0.29) is 5.91 Å². The normalized spacial score (nSPS) is 26.9. The van der Waals surface area contributed by atoms with E-state index in [1.54, 1.807) is 12.4 Å². The van der Waals surface area contributed by atoms with Gasteiger partial charge in [-0.05, 0) is 62.2 Å². The molecule has 0 aliphatic carbocycles. The number of ether oxygens (including phenoxy) is 1. The molecule has 1 spiro atoms. The van der Waals surface area contributed by atoms with Crippen LogP contribution in [0.15, 0.2) is 24.5 Å². The molecule has 3 aliphatic rings. The number of carbonyl (C=O) groups is 1. The molecule has 1 amide bonds. The first-order valence-electron chi connectivity index (χ1n) is 9.73. The molecule has 4 rings (SSSR count). The lowest BCUT2D eigenvalue weighted by Gasteiger charge is -2.48. The smallest absolute Gasteiger partial charge is 0.227 e. The summed E-state index contributed by atoms with van der Waals surface area (Å²) in [6.45, 7) is 6.11. The Morgan fingerprint density at radius 1 is 1.20 bits per heavy atom. The highest BCUT2D eigenvalue weighted by Gasteiger charge is 2.40. The van der Waals surface area contributed by atoms with Gasteiger partial charge in [-0.25, -0.2) is 0 Å². The van der Waals surface area contributed by atoms with E-state index in [0.717, 1.165) is 31.9 Å². The SMILES string of the molecule is O=C(Cc1cccnc1)N1CCC2(CC1)CCN(C1CCOC1)CC2. The zero-order valence-corrected chi connectivity index (χ0v) is 15.0. The van der Waals surface area contributed by atoms with Crippen LogP contribution in [-0.4, -0.2) is 66.1 Å². The number of piperidine rings is 2. The van der Waals surface area contributed by atoms with Crippen LogP contribution in [0.4, 0.5) is 0 Å². The molecule has 1 unspecified atom stereocenters. The average Bonchev–Trinajstić information content (AvgIpc) is 3.18. The molecule has 1 aromatic rings. The second kappa shape index (κ2) is 7.42. The van der Waals surface area contributed by atoms with Gasteiger partial charge < -0.3 is 9.64 Å². The molecule has 0 N–H and O–H groups in total. The molecule has 3 fully saturated rings. The largest absolute Gasteiger partial charge is 0.380 e. The minimum Gasteiger partial charge on any atom is -0.380 e. The Kier molecular flexibility index (Phi) is 5.04. The first-order valence-corrected chi connectivity index (χ1v) is 9.73. The van der Waals surface area contributed by atoms with Crippen molar-refractivity contribution < 1.29 is 9.53 Å². The van der Waals surface area contributed by atoms with E-state index in [2.05, 4.69) is 14.8 Å². The highest BCUT2D eigenvalue weighted by molar-refractivity contribution is 5.78. The number of nitrogens with zero attached hydrogens (tertiary/aromatic N) is 3. The Balaban J connectivity index is 1.26. The molecule has 3 saturated heterocycles. The molecule has 1 atom stereocenters. The zero-order chi connectivity index (χ0) is 17.1. The molecule has 1 aromatic heterocycles. The van der Waals surface area contributed by atoms with Crippen LogP contribution >= 0.6 is 0 Å². The molecule has 3 aliphatic heterocycles. The average molecular weight is 343 g/mol. The quantitative estimate of drug-likeness (QED) is 0.843. The van der Waals surface area contributed by atoms with Crippen molar-refractivity contribution in [3.05, 3.63) is 30.1 Å². The van der Waals surface area contributed by atoms with Crippen molar-refractivity contribution >= 4 is 5.91 Å². The molecular formula is C20H29N3O2. The summed E-state index contributed by atoms with van der Waals surface area (Å²) < 4.78 is 5.55. The summed E-state index contributed by atoms with van der Waals surface area (Å²) >= 11 is 0. The lowest BCUT2D eigenvalue weighted by atomic mass is 9.71. The third-order valence-electron chi connectivity index (χ3n) is 6.54. The Hall–Kier alpha value is -1.46. The van der Waals surface area contributed by atoms with E-state index in [1.807, 2.05) is 12.1 Å². The number of likely N-dealkylation sites (tertiary alicyclic amines) is 2. The summed E-state index contributed by atoms with van der Waals surface area (Å²) in [5.41, 5.74) is 1.49. The fourth-order valence-electron chi connectivity index (χ4n) is 4.69. The molecule has 4 heterocycles. The van der Waals surface area contributed by atoms with Crippen LogP contribution < -0.4 is 0 Å². The van der Waals surface area contributed by atoms with Gasteiger partial charge in [0.1, 0.15) is 0 Å². The fraction of sp³-hybridized carbons (Fsp3) is 0.700. The number of hydrogen-bond acceptors (Lipinski definition) is 4. The Labute approximate surface area is 150 Å². The lowest BCUT2D eigenvalue weighted by molar-refractivity contribution is -0.133. The van der Waals surface area contributed by atoms with Gasteiger partial charge in [0.05, 0.1) is 13.0 Å². The van der Waals surface area contributed by atoms with Gasteiger partial charge in [-0.1, -0.05) is 6.07 Å². The molecule has 25 heavy (non-hydrogen) atoms. The first-order chi connectivity index (χ1) is 12.2. The Morgan fingerprint density at radius 2 is 1.96 bits per heavy atom. The van der Waals surface area contributed by atoms with Gasteiger partial charge in [0.25, 0.3) is 0 Å². The van der Waals surface area contributed by atoms with Crippen LogP contribution in [0.3, 0.4) is 0 Å². The predicted molar refractivity (Wildman–Crippen MR) is 96.2 cm³/mol. The molecular weight excluding hydrogens is 314 g/mol. The van der Waals surface area contributed by atoms with E-state index < -0.39 is 0 Å². The predicted octanol–water partition coefficient (Wildman–Crippen LogP) is 2.12. The number of aromatic nitrogens is 1. The number of hydrogen-bond donors (Lipinski definition) is 0. The number of pyridine rings is 1. The van der Waals surface area contributed by atoms with E-state index in [0.29, 0.717) is 17.9 Å². The topological polar surface area (TPSA) is 45.7 Å². The van der Waals surface area contributed by atoms with Crippen molar-refractivity contribution in [3.63, 3.8) is 0 Å². The number of carbonyl (C=O) groups excluding carboxylic acids is 1. The second-order valence-electron chi connectivity index (χ2n) is 7.97. The summed E-state index contributed by atoms with van der Waals surface area (Å²) in [5.74, 6) is 0.253. The van der Waals surface area contributed by atoms with E-state index in [1.165, 1.54) is 45.2 Å². The molecule has 0 saturated carbocycles. The van der Waals surface area contributed by atoms with Crippen molar-refractivity contribution in [2.24, 2.45) is 5.41 Å². The second-order valence-corrected chi connectivity index (χ2v) is 7.97. The van der Waals surface area contributed by atoms with Gasteiger partial charge in [0, 0.05) is 38.1 Å². The number of amides is 1. The standard InChI is InChI=1S/C20H29N3O2/c24-19(14-17-2-1-8-21-15-17)23-11-6-20(7-12-23)4-9-22(10-5-20)18-3-13-25-16-18/h1-2,8,15,18H,3-7,9-14,16H2. The van der Waals surface area contributed by atoms with Crippen LogP contribution in [0.1, 0.15) is 37.7 Å². The van der Waals surface area contributed by atoms with E-state index in [4.69, 9.17) is 4.74 Å². The van der Waals surface area contributed by atoms with Gasteiger partial charge in [0.2, 0.25) is 5.91 Å². The summed E-state index contributed by atoms with van der Waals surface area (Å²) in [6, 6.07) is 4.54. The van der Waals surface area contributed by atoms with Crippen LogP contribution in [0.2, 0.25) is 0 Å². The highest BCUT2D eigenvalue weighted by atomic mass is 16.5. The molecule has 0 aromatic carbocycles. The molecule has 0 bridgehead atoms. The lowest BCUT2D eigenvalue weighted by Crippen LogP contribution is -2.50. The van der Waals surface area contributed by atoms with E-state index >= 15 is 0 Å². The third kappa shape index (κ3) is 3.87. The van der Waals surface area contributed by atoms with Crippen LogP contribution in [0.25, 0.3) is 0 Å². The minimum absolute atomic E-state index is 0.253. The van der Waals surface area contributed by atoms with Crippen LogP contribution in [0, 0.1) is 5.41 Å².